The van der Waals surface area contributed by atoms with Crippen LogP contribution in [0.1, 0.15) is 17.3 Å². The first-order chi connectivity index (χ1) is 10.7. The molecule has 112 valence electrons. The fourth-order valence-corrected chi connectivity index (χ4v) is 1.99. The Balaban J connectivity index is 1.61. The first-order valence-corrected chi connectivity index (χ1v) is 6.75. The monoisotopic (exact) mass is 301 g/mol. The number of nitrogens with zero attached hydrogens (tertiary/aromatic N) is 2. The molecule has 0 spiro atoms. The van der Waals surface area contributed by atoms with Crippen molar-refractivity contribution in [3.8, 4) is 0 Å². The summed E-state index contributed by atoms with van der Waals surface area (Å²) in [6, 6.07) is 13.4. The molecule has 0 aliphatic carbocycles. The van der Waals surface area contributed by atoms with Gasteiger partial charge >= 0.3 is 0 Å². The van der Waals surface area contributed by atoms with Gasteiger partial charge in [-0.05, 0) is 17.7 Å². The smallest absolute Gasteiger partial charge is 0.231 e. The summed E-state index contributed by atoms with van der Waals surface area (Å²) in [6.45, 7) is 0.267. The molecule has 1 aromatic heterocycles. The Labute approximate surface area is 125 Å². The number of rotatable bonds is 5. The van der Waals surface area contributed by atoms with Crippen LogP contribution in [-0.2, 0) is 13.0 Å². The van der Waals surface area contributed by atoms with E-state index in [2.05, 4.69) is 15.5 Å². The van der Waals surface area contributed by atoms with Crippen molar-refractivity contribution >= 4 is 5.69 Å². The Morgan fingerprint density at radius 1 is 1.00 bits per heavy atom. The molecular weight excluding hydrogens is 288 g/mol. The van der Waals surface area contributed by atoms with Crippen LogP contribution in [0, 0.1) is 11.6 Å². The van der Waals surface area contributed by atoms with E-state index in [-0.39, 0.29) is 6.54 Å². The van der Waals surface area contributed by atoms with Gasteiger partial charge < -0.3 is 9.84 Å². The predicted octanol–water partition coefficient (Wildman–Crippen LogP) is 3.55. The number of hydrogen-bond acceptors (Lipinski definition) is 4. The number of hydrogen-bond donors (Lipinski definition) is 1. The van der Waals surface area contributed by atoms with Crippen LogP contribution in [0.2, 0.25) is 0 Å². The molecule has 3 rings (SSSR count). The van der Waals surface area contributed by atoms with E-state index in [4.69, 9.17) is 4.52 Å². The topological polar surface area (TPSA) is 51.0 Å². The fourth-order valence-electron chi connectivity index (χ4n) is 1.99. The highest BCUT2D eigenvalue weighted by Gasteiger charge is 2.08. The molecule has 6 heteroatoms. The molecule has 0 aliphatic rings. The molecule has 0 unspecified atom stereocenters. The summed E-state index contributed by atoms with van der Waals surface area (Å²) in [5.41, 5.74) is 1.53. The quantitative estimate of drug-likeness (QED) is 0.783. The third kappa shape index (κ3) is 3.46. The van der Waals surface area contributed by atoms with Crippen LogP contribution < -0.4 is 5.32 Å². The summed E-state index contributed by atoms with van der Waals surface area (Å²) < 4.78 is 31.1. The van der Waals surface area contributed by atoms with Crippen LogP contribution >= 0.6 is 0 Å². The van der Waals surface area contributed by atoms with Crippen molar-refractivity contribution in [2.24, 2.45) is 0 Å². The highest BCUT2D eigenvalue weighted by atomic mass is 19.2. The average Bonchev–Trinajstić information content (AvgIpc) is 2.97. The summed E-state index contributed by atoms with van der Waals surface area (Å²) in [4.78, 5) is 4.25. The summed E-state index contributed by atoms with van der Waals surface area (Å²) in [5, 5.41) is 6.77. The minimum Gasteiger partial charge on any atom is -0.378 e. The highest BCUT2D eigenvalue weighted by molar-refractivity contribution is 5.43. The minimum atomic E-state index is -0.900. The average molecular weight is 301 g/mol. The Kier molecular flexibility index (Phi) is 4.09. The van der Waals surface area contributed by atoms with Gasteiger partial charge in [0.15, 0.2) is 17.5 Å². The normalized spacial score (nSPS) is 10.6. The van der Waals surface area contributed by atoms with Crippen molar-refractivity contribution < 1.29 is 13.3 Å². The molecule has 1 heterocycles. The Hall–Kier alpha value is -2.76. The van der Waals surface area contributed by atoms with Gasteiger partial charge in [-0.25, -0.2) is 8.78 Å². The van der Waals surface area contributed by atoms with Crippen LogP contribution in [-0.4, -0.2) is 10.1 Å². The van der Waals surface area contributed by atoms with E-state index in [1.165, 1.54) is 6.07 Å². The first-order valence-electron chi connectivity index (χ1n) is 6.75. The van der Waals surface area contributed by atoms with Gasteiger partial charge in [-0.1, -0.05) is 35.5 Å². The van der Waals surface area contributed by atoms with Gasteiger partial charge in [0.2, 0.25) is 5.89 Å². The van der Waals surface area contributed by atoms with E-state index in [1.807, 2.05) is 30.3 Å². The molecule has 0 amide bonds. The van der Waals surface area contributed by atoms with E-state index >= 15 is 0 Å². The van der Waals surface area contributed by atoms with Crippen LogP contribution in [0.3, 0.4) is 0 Å². The second-order valence-corrected chi connectivity index (χ2v) is 4.75. The molecule has 0 radical (unpaired) electrons. The third-order valence-corrected chi connectivity index (χ3v) is 3.08. The number of anilines is 1. The summed E-state index contributed by atoms with van der Waals surface area (Å²) in [6.07, 6.45) is 0.555. The number of benzene rings is 2. The zero-order valence-electron chi connectivity index (χ0n) is 11.6. The zero-order chi connectivity index (χ0) is 15.4. The summed E-state index contributed by atoms with van der Waals surface area (Å²) in [5.74, 6) is -0.818. The number of aromatic nitrogens is 2. The van der Waals surface area contributed by atoms with E-state index in [0.29, 0.717) is 23.8 Å². The number of halogens is 2. The molecule has 0 fully saturated rings. The molecule has 0 atom stereocenters. The van der Waals surface area contributed by atoms with E-state index in [9.17, 15) is 8.78 Å². The number of nitrogens with one attached hydrogen (secondary N) is 1. The lowest BCUT2D eigenvalue weighted by atomic mass is 10.1. The van der Waals surface area contributed by atoms with Crippen molar-refractivity contribution in [1.29, 1.82) is 0 Å². The molecule has 0 saturated heterocycles. The van der Waals surface area contributed by atoms with Crippen molar-refractivity contribution in [2.45, 2.75) is 13.0 Å². The SMILES string of the molecule is Fc1ccc(NCc2noc(Cc3ccccc3)n2)cc1F. The molecule has 0 bridgehead atoms. The molecule has 1 N–H and O–H groups in total. The highest BCUT2D eigenvalue weighted by Crippen LogP contribution is 2.14. The van der Waals surface area contributed by atoms with Crippen LogP contribution in [0.25, 0.3) is 0 Å². The maximum absolute atomic E-state index is 13.1. The summed E-state index contributed by atoms with van der Waals surface area (Å²) >= 11 is 0. The minimum absolute atomic E-state index is 0.267. The van der Waals surface area contributed by atoms with E-state index in [0.717, 1.165) is 17.7 Å². The molecule has 22 heavy (non-hydrogen) atoms. The largest absolute Gasteiger partial charge is 0.378 e. The molecule has 2 aromatic carbocycles. The molecule has 4 nitrogen and oxygen atoms in total. The fraction of sp³-hybridized carbons (Fsp3) is 0.125. The van der Waals surface area contributed by atoms with Gasteiger partial charge in [0.05, 0.1) is 13.0 Å². The maximum atomic E-state index is 13.1. The lowest BCUT2D eigenvalue weighted by Gasteiger charge is -2.03. The Bertz CT molecular complexity index is 759. The van der Waals surface area contributed by atoms with Crippen molar-refractivity contribution in [2.75, 3.05) is 5.32 Å². The van der Waals surface area contributed by atoms with Gasteiger partial charge in [0.1, 0.15) is 0 Å². The molecular formula is C16H13F2N3O. The molecule has 3 aromatic rings. The Morgan fingerprint density at radius 3 is 2.59 bits per heavy atom. The Morgan fingerprint density at radius 2 is 1.82 bits per heavy atom. The van der Waals surface area contributed by atoms with Gasteiger partial charge in [0, 0.05) is 11.8 Å². The van der Waals surface area contributed by atoms with Crippen LogP contribution in [0.15, 0.2) is 53.1 Å². The van der Waals surface area contributed by atoms with Crippen molar-refractivity contribution in [3.05, 3.63) is 77.4 Å². The van der Waals surface area contributed by atoms with Crippen molar-refractivity contribution in [3.63, 3.8) is 0 Å². The van der Waals surface area contributed by atoms with Gasteiger partial charge in [-0.3, -0.25) is 0 Å². The lowest BCUT2D eigenvalue weighted by Crippen LogP contribution is -2.02. The maximum Gasteiger partial charge on any atom is 0.231 e. The second kappa shape index (κ2) is 6.34. The second-order valence-electron chi connectivity index (χ2n) is 4.75. The van der Waals surface area contributed by atoms with Crippen LogP contribution in [0.5, 0.6) is 0 Å². The third-order valence-electron chi connectivity index (χ3n) is 3.08. The molecule has 0 aliphatic heterocycles. The van der Waals surface area contributed by atoms with Gasteiger partial charge in [-0.2, -0.15) is 4.98 Å². The van der Waals surface area contributed by atoms with Crippen molar-refractivity contribution in [1.82, 2.24) is 10.1 Å². The lowest BCUT2D eigenvalue weighted by molar-refractivity contribution is 0.380. The van der Waals surface area contributed by atoms with Gasteiger partial charge in [0.25, 0.3) is 0 Å². The van der Waals surface area contributed by atoms with E-state index < -0.39 is 11.6 Å². The zero-order valence-corrected chi connectivity index (χ0v) is 11.6. The molecule has 0 saturated carbocycles. The van der Waals surface area contributed by atoms with E-state index in [1.54, 1.807) is 0 Å². The van der Waals surface area contributed by atoms with Crippen LogP contribution in [0.4, 0.5) is 14.5 Å². The summed E-state index contributed by atoms with van der Waals surface area (Å²) in [7, 11) is 0. The van der Waals surface area contributed by atoms with Gasteiger partial charge in [-0.15, -0.1) is 0 Å². The standard InChI is InChI=1S/C16H13F2N3O/c17-13-7-6-12(9-14(13)18)19-10-15-20-16(22-21-15)8-11-4-2-1-3-5-11/h1-7,9,19H,8,10H2. The first kappa shape index (κ1) is 14.2. The predicted molar refractivity (Wildman–Crippen MR) is 77.2 cm³/mol.